The first-order valence-electron chi connectivity index (χ1n) is 12.8. The van der Waals surface area contributed by atoms with Crippen LogP contribution in [0.4, 0.5) is 16.2 Å². The highest BCUT2D eigenvalue weighted by Crippen LogP contribution is 2.38. The van der Waals surface area contributed by atoms with Gasteiger partial charge in [-0.3, -0.25) is 9.69 Å². The summed E-state index contributed by atoms with van der Waals surface area (Å²) in [6.45, 7) is 2.52. The Balaban J connectivity index is 1.29. The molecule has 2 amide bonds. The molecule has 1 atom stereocenters. The first-order chi connectivity index (χ1) is 18.0. The van der Waals surface area contributed by atoms with Gasteiger partial charge in [0, 0.05) is 23.5 Å². The number of aromatic nitrogens is 1. The van der Waals surface area contributed by atoms with Crippen LogP contribution in [0.15, 0.2) is 66.9 Å². The number of pyridine rings is 1. The topological polar surface area (TPSA) is 101 Å². The first kappa shape index (κ1) is 24.6. The molecule has 1 fully saturated rings. The van der Waals surface area contributed by atoms with Gasteiger partial charge in [-0.1, -0.05) is 31.2 Å². The minimum atomic E-state index is -0.722. The predicted octanol–water partition coefficient (Wildman–Crippen LogP) is 5.98. The Hall–Kier alpha value is -4.07. The molecule has 2 heterocycles. The van der Waals surface area contributed by atoms with E-state index in [1.54, 1.807) is 11.1 Å². The van der Waals surface area contributed by atoms with Crippen LogP contribution < -0.4 is 19.7 Å². The zero-order valence-corrected chi connectivity index (χ0v) is 20.8. The number of fused-ring (bicyclic) bond motifs is 1. The van der Waals surface area contributed by atoms with Crippen LogP contribution in [-0.2, 0) is 4.79 Å². The molecule has 8 nitrogen and oxygen atoms in total. The lowest BCUT2D eigenvalue weighted by Crippen LogP contribution is -2.45. The third-order valence-electron chi connectivity index (χ3n) is 7.04. The van der Waals surface area contributed by atoms with Gasteiger partial charge in [-0.15, -0.1) is 0 Å². The second kappa shape index (κ2) is 10.9. The van der Waals surface area contributed by atoms with Crippen molar-refractivity contribution in [2.45, 2.75) is 51.2 Å². The van der Waals surface area contributed by atoms with E-state index >= 15 is 0 Å². The molecule has 1 saturated carbocycles. The number of amides is 2. The fraction of sp³-hybridized carbons (Fsp3) is 0.345. The van der Waals surface area contributed by atoms with Crippen molar-refractivity contribution in [2.75, 3.05) is 16.8 Å². The normalized spacial score (nSPS) is 20.9. The number of rotatable bonds is 6. The fourth-order valence-corrected chi connectivity index (χ4v) is 4.87. The molecule has 1 aromatic heterocycles. The number of hydrogen-bond donors (Lipinski definition) is 2. The number of benzene rings is 2. The van der Waals surface area contributed by atoms with E-state index in [0.29, 0.717) is 31.0 Å². The number of carbonyl (C=O) groups is 2. The maximum atomic E-state index is 13.1. The molecule has 1 aliphatic carbocycles. The molecule has 0 bridgehead atoms. The number of anilines is 2. The van der Waals surface area contributed by atoms with Crippen LogP contribution in [0.5, 0.6) is 11.6 Å². The number of ether oxygens (including phenoxy) is 2. The summed E-state index contributed by atoms with van der Waals surface area (Å²) in [5, 5.41) is 12.1. The van der Waals surface area contributed by atoms with E-state index in [1.165, 1.54) is 0 Å². The SMILES string of the molecule is CCC1CN(C(=O)Nc2ccccc2)c2ccc(-c3ccc(OC4CCC(C(=O)O)CC4)nc3)cc2O1. The lowest BCUT2D eigenvalue weighted by Gasteiger charge is -2.34. The van der Waals surface area contributed by atoms with Crippen LogP contribution in [0.1, 0.15) is 39.0 Å². The van der Waals surface area contributed by atoms with Gasteiger partial charge in [0.2, 0.25) is 5.88 Å². The highest BCUT2D eigenvalue weighted by atomic mass is 16.5. The van der Waals surface area contributed by atoms with Gasteiger partial charge in [-0.2, -0.15) is 0 Å². The van der Waals surface area contributed by atoms with Gasteiger partial charge in [-0.25, -0.2) is 9.78 Å². The summed E-state index contributed by atoms with van der Waals surface area (Å²) in [5.41, 5.74) is 3.31. The molecule has 3 aromatic rings. The zero-order chi connectivity index (χ0) is 25.8. The Labute approximate surface area is 216 Å². The predicted molar refractivity (Wildman–Crippen MR) is 141 cm³/mol. The van der Waals surface area contributed by atoms with E-state index < -0.39 is 5.97 Å². The van der Waals surface area contributed by atoms with Crippen LogP contribution in [0.25, 0.3) is 11.1 Å². The zero-order valence-electron chi connectivity index (χ0n) is 20.8. The summed E-state index contributed by atoms with van der Waals surface area (Å²) in [6, 6.07) is 18.8. The van der Waals surface area contributed by atoms with Crippen molar-refractivity contribution in [1.29, 1.82) is 0 Å². The van der Waals surface area contributed by atoms with E-state index in [1.807, 2.05) is 67.6 Å². The number of carboxylic acids is 1. The number of aliphatic carboxylic acids is 1. The largest absolute Gasteiger partial charge is 0.486 e. The highest BCUT2D eigenvalue weighted by Gasteiger charge is 2.30. The number of nitrogens with zero attached hydrogens (tertiary/aromatic N) is 2. The molecule has 2 N–H and O–H groups in total. The van der Waals surface area contributed by atoms with Crippen LogP contribution in [0.2, 0.25) is 0 Å². The molecular formula is C29H31N3O5. The summed E-state index contributed by atoms with van der Waals surface area (Å²) in [6.07, 6.45) is 5.13. The van der Waals surface area contributed by atoms with Gasteiger partial charge in [-0.05, 0) is 68.0 Å². The molecule has 1 unspecified atom stereocenters. The summed E-state index contributed by atoms with van der Waals surface area (Å²) in [4.78, 5) is 30.5. The van der Waals surface area contributed by atoms with Crippen LogP contribution in [0.3, 0.4) is 0 Å². The number of para-hydroxylation sites is 1. The smallest absolute Gasteiger partial charge is 0.326 e. The summed E-state index contributed by atoms with van der Waals surface area (Å²) >= 11 is 0. The van der Waals surface area contributed by atoms with Crippen molar-refractivity contribution < 1.29 is 24.2 Å². The summed E-state index contributed by atoms with van der Waals surface area (Å²) < 4.78 is 12.2. The maximum Gasteiger partial charge on any atom is 0.326 e. The van der Waals surface area contributed by atoms with E-state index in [9.17, 15) is 14.7 Å². The monoisotopic (exact) mass is 501 g/mol. The Kier molecular flexibility index (Phi) is 7.25. The van der Waals surface area contributed by atoms with Crippen molar-refractivity contribution in [1.82, 2.24) is 4.98 Å². The minimum Gasteiger partial charge on any atom is -0.486 e. The highest BCUT2D eigenvalue weighted by molar-refractivity contribution is 6.03. The average Bonchev–Trinajstić information content (AvgIpc) is 2.93. The van der Waals surface area contributed by atoms with Crippen molar-refractivity contribution in [2.24, 2.45) is 5.92 Å². The van der Waals surface area contributed by atoms with Gasteiger partial charge in [0.15, 0.2) is 0 Å². The first-order valence-corrected chi connectivity index (χ1v) is 12.8. The second-order valence-corrected chi connectivity index (χ2v) is 9.55. The molecule has 1 aliphatic heterocycles. The summed E-state index contributed by atoms with van der Waals surface area (Å²) in [5.74, 6) is 0.204. The molecule has 0 radical (unpaired) electrons. The van der Waals surface area contributed by atoms with Gasteiger partial charge >= 0.3 is 12.0 Å². The molecule has 2 aliphatic rings. The molecule has 0 saturated heterocycles. The molecule has 2 aromatic carbocycles. The second-order valence-electron chi connectivity index (χ2n) is 9.55. The van der Waals surface area contributed by atoms with Gasteiger partial charge in [0.1, 0.15) is 18.0 Å². The number of nitrogens with one attached hydrogen (secondary N) is 1. The van der Waals surface area contributed by atoms with Crippen LogP contribution >= 0.6 is 0 Å². The lowest BCUT2D eigenvalue weighted by molar-refractivity contribution is -0.143. The third-order valence-corrected chi connectivity index (χ3v) is 7.04. The van der Waals surface area contributed by atoms with Crippen LogP contribution in [0, 0.1) is 5.92 Å². The molecule has 5 rings (SSSR count). The third kappa shape index (κ3) is 5.69. The van der Waals surface area contributed by atoms with E-state index in [0.717, 1.165) is 41.8 Å². The van der Waals surface area contributed by atoms with Gasteiger partial charge < -0.3 is 19.9 Å². The van der Waals surface area contributed by atoms with Gasteiger partial charge in [0.05, 0.1) is 18.2 Å². The minimum absolute atomic E-state index is 0.00918. The molecule has 0 spiro atoms. The van der Waals surface area contributed by atoms with Crippen molar-refractivity contribution >= 4 is 23.4 Å². The van der Waals surface area contributed by atoms with E-state index in [4.69, 9.17) is 9.47 Å². The maximum absolute atomic E-state index is 13.1. The quantitative estimate of drug-likeness (QED) is 0.431. The van der Waals surface area contributed by atoms with Crippen molar-refractivity contribution in [3.05, 3.63) is 66.9 Å². The number of carboxylic acid groups (broad SMARTS) is 1. The number of urea groups is 1. The fourth-order valence-electron chi connectivity index (χ4n) is 4.87. The average molecular weight is 502 g/mol. The lowest BCUT2D eigenvalue weighted by atomic mass is 9.87. The Morgan fingerprint density at radius 1 is 1.05 bits per heavy atom. The van der Waals surface area contributed by atoms with Crippen molar-refractivity contribution in [3.63, 3.8) is 0 Å². The van der Waals surface area contributed by atoms with Gasteiger partial charge in [0.25, 0.3) is 0 Å². The number of hydrogen-bond acceptors (Lipinski definition) is 5. The van der Waals surface area contributed by atoms with Crippen molar-refractivity contribution in [3.8, 4) is 22.8 Å². The molecule has 8 heteroatoms. The van der Waals surface area contributed by atoms with Crippen LogP contribution in [-0.4, -0.2) is 40.8 Å². The Morgan fingerprint density at radius 3 is 2.49 bits per heavy atom. The Morgan fingerprint density at radius 2 is 1.81 bits per heavy atom. The summed E-state index contributed by atoms with van der Waals surface area (Å²) in [7, 11) is 0. The molecule has 192 valence electrons. The molecular weight excluding hydrogens is 470 g/mol. The standard InChI is InChI=1S/C29H31N3O5/c1-2-23-18-32(29(35)31-22-6-4-3-5-7-22)25-14-10-20(16-26(25)36-23)21-11-15-27(30-17-21)37-24-12-8-19(9-13-24)28(33)34/h3-7,10-11,14-17,19,23-24H,2,8-9,12-13,18H2,1H3,(H,31,35)(H,33,34). The van der Waals surface area contributed by atoms with E-state index in [2.05, 4.69) is 10.3 Å². The molecule has 37 heavy (non-hydrogen) atoms. The number of carbonyl (C=O) groups excluding carboxylic acids is 1. The van der Waals surface area contributed by atoms with E-state index in [-0.39, 0.29) is 24.2 Å². The Bertz CT molecular complexity index is 1240.